The second-order valence-electron chi connectivity index (χ2n) is 6.21. The van der Waals surface area contributed by atoms with Gasteiger partial charge in [-0.1, -0.05) is 25.2 Å². The third-order valence-corrected chi connectivity index (χ3v) is 4.10. The molecular weight excluding hydrogens is 296 g/mol. The maximum absolute atomic E-state index is 11.8. The van der Waals surface area contributed by atoms with Gasteiger partial charge in [0.1, 0.15) is 6.10 Å². The molecule has 5 nitrogen and oxygen atoms in total. The van der Waals surface area contributed by atoms with Crippen LogP contribution in [0.4, 0.5) is 0 Å². The van der Waals surface area contributed by atoms with Gasteiger partial charge in [0, 0.05) is 13.2 Å². The van der Waals surface area contributed by atoms with Gasteiger partial charge in [-0.3, -0.25) is 0 Å². The van der Waals surface area contributed by atoms with Crippen LogP contribution in [0.1, 0.15) is 33.6 Å². The smallest absolute Gasteiger partial charge is 0.330 e. The molecular formula is C18H28O5. The molecule has 0 aromatic rings. The summed E-state index contributed by atoms with van der Waals surface area (Å²) in [6.07, 6.45) is 8.72. The van der Waals surface area contributed by atoms with Crippen LogP contribution in [0.2, 0.25) is 0 Å². The molecule has 0 aromatic carbocycles. The number of carbonyl (C=O) groups excluding carboxylic acids is 1. The number of carbonyl (C=O) groups is 1. The van der Waals surface area contributed by atoms with E-state index in [0.29, 0.717) is 0 Å². The zero-order valence-corrected chi connectivity index (χ0v) is 14.4. The van der Waals surface area contributed by atoms with E-state index in [0.717, 1.165) is 18.4 Å². The number of allylic oxidation sites excluding steroid dienone is 1. The fourth-order valence-electron chi connectivity index (χ4n) is 2.30. The molecule has 0 saturated heterocycles. The van der Waals surface area contributed by atoms with Crippen LogP contribution >= 0.6 is 0 Å². The highest BCUT2D eigenvalue weighted by Gasteiger charge is 2.19. The van der Waals surface area contributed by atoms with Gasteiger partial charge < -0.3 is 19.7 Å². The number of hydrogen-bond acceptors (Lipinski definition) is 5. The molecule has 0 unspecified atom stereocenters. The molecule has 0 amide bonds. The topological polar surface area (TPSA) is 76.0 Å². The Morgan fingerprint density at radius 1 is 1.39 bits per heavy atom. The van der Waals surface area contributed by atoms with Gasteiger partial charge in [-0.15, -0.1) is 0 Å². The summed E-state index contributed by atoms with van der Waals surface area (Å²) >= 11 is 0. The van der Waals surface area contributed by atoms with Gasteiger partial charge in [0.25, 0.3) is 0 Å². The van der Waals surface area contributed by atoms with E-state index in [1.165, 1.54) is 18.2 Å². The molecule has 2 N–H and O–H groups in total. The highest BCUT2D eigenvalue weighted by atomic mass is 16.5. The van der Waals surface area contributed by atoms with Crippen LogP contribution in [0, 0.1) is 5.92 Å². The molecule has 0 bridgehead atoms. The molecule has 4 atom stereocenters. The molecule has 1 rings (SSSR count). The fraction of sp³-hybridized carbons (Fsp3) is 0.611. The molecule has 5 heteroatoms. The summed E-state index contributed by atoms with van der Waals surface area (Å²) < 4.78 is 10.7. The Morgan fingerprint density at radius 3 is 2.70 bits per heavy atom. The van der Waals surface area contributed by atoms with Gasteiger partial charge in [0.2, 0.25) is 0 Å². The summed E-state index contributed by atoms with van der Waals surface area (Å²) in [6, 6.07) is 0. The van der Waals surface area contributed by atoms with Crippen molar-refractivity contribution in [2.45, 2.75) is 51.4 Å². The second-order valence-corrected chi connectivity index (χ2v) is 6.21. The number of aliphatic hydroxyl groups is 2. The Kier molecular flexibility index (Phi) is 7.68. The molecule has 0 aromatic heterocycles. The van der Waals surface area contributed by atoms with Crippen LogP contribution in [0.5, 0.6) is 0 Å². The van der Waals surface area contributed by atoms with Crippen molar-refractivity contribution in [1.82, 2.24) is 0 Å². The summed E-state index contributed by atoms with van der Waals surface area (Å²) in [7, 11) is 1.55. The number of cyclic esters (lactones) is 1. The molecule has 1 aliphatic rings. The van der Waals surface area contributed by atoms with Crippen molar-refractivity contribution in [2.24, 2.45) is 5.92 Å². The molecule has 130 valence electrons. The predicted molar refractivity (Wildman–Crippen MR) is 88.8 cm³/mol. The zero-order chi connectivity index (χ0) is 17.5. The lowest BCUT2D eigenvalue weighted by atomic mass is 9.97. The number of methoxy groups -OCH3 is 1. The Balaban J connectivity index is 3.10. The van der Waals surface area contributed by atoms with Crippen LogP contribution in [-0.4, -0.2) is 47.7 Å². The van der Waals surface area contributed by atoms with E-state index in [1.807, 2.05) is 19.9 Å². The number of rotatable bonds is 2. The third kappa shape index (κ3) is 6.69. The van der Waals surface area contributed by atoms with Crippen LogP contribution in [0.25, 0.3) is 0 Å². The Bertz CT molecular complexity index is 476. The molecule has 0 radical (unpaired) electrons. The first-order valence-electron chi connectivity index (χ1n) is 7.93. The normalized spacial score (nSPS) is 38.8. The first-order chi connectivity index (χ1) is 10.8. The van der Waals surface area contributed by atoms with Gasteiger partial charge in [-0.2, -0.15) is 0 Å². The lowest BCUT2D eigenvalue weighted by Gasteiger charge is -2.21. The summed E-state index contributed by atoms with van der Waals surface area (Å²) in [5.41, 5.74) is -0.563. The minimum absolute atomic E-state index is 0.111. The molecule has 0 saturated carbocycles. The lowest BCUT2D eigenvalue weighted by Crippen LogP contribution is -2.24. The van der Waals surface area contributed by atoms with Crippen LogP contribution in [0.3, 0.4) is 0 Å². The average molecular weight is 324 g/mol. The van der Waals surface area contributed by atoms with Crippen molar-refractivity contribution in [3.63, 3.8) is 0 Å². The van der Waals surface area contributed by atoms with Gasteiger partial charge in [-0.25, -0.2) is 4.79 Å². The van der Waals surface area contributed by atoms with Crippen LogP contribution < -0.4 is 0 Å². The quantitative estimate of drug-likeness (QED) is 0.601. The van der Waals surface area contributed by atoms with E-state index in [1.54, 1.807) is 20.1 Å². The van der Waals surface area contributed by atoms with E-state index in [9.17, 15) is 15.0 Å². The largest absolute Gasteiger partial charge is 0.459 e. The van der Waals surface area contributed by atoms with Crippen molar-refractivity contribution >= 4 is 5.97 Å². The summed E-state index contributed by atoms with van der Waals surface area (Å²) in [5, 5.41) is 19.8. The maximum atomic E-state index is 11.8. The molecule has 0 aliphatic carbocycles. The Labute approximate surface area is 138 Å². The van der Waals surface area contributed by atoms with Crippen molar-refractivity contribution < 1.29 is 24.5 Å². The first-order valence-corrected chi connectivity index (χ1v) is 7.93. The number of aliphatic hydroxyl groups excluding tert-OH is 1. The lowest BCUT2D eigenvalue weighted by molar-refractivity contribution is -0.144. The van der Waals surface area contributed by atoms with E-state index in [4.69, 9.17) is 9.47 Å². The number of ether oxygens (including phenoxy) is 2. The highest BCUT2D eigenvalue weighted by molar-refractivity contribution is 5.82. The summed E-state index contributed by atoms with van der Waals surface area (Å²) in [5.74, 6) is -0.284. The van der Waals surface area contributed by atoms with Gasteiger partial charge >= 0.3 is 5.97 Å². The number of esters is 1. The molecule has 0 fully saturated rings. The predicted octanol–water partition coefficient (Wildman–Crippen LogP) is 2.15. The summed E-state index contributed by atoms with van der Waals surface area (Å²) in [4.78, 5) is 11.8. The van der Waals surface area contributed by atoms with Gasteiger partial charge in [-0.05, 0) is 44.3 Å². The Hall–Kier alpha value is -1.43. The minimum Gasteiger partial charge on any atom is -0.459 e. The second kappa shape index (κ2) is 9.01. The van der Waals surface area contributed by atoms with Gasteiger partial charge in [0.15, 0.2) is 0 Å². The Morgan fingerprint density at radius 2 is 2.09 bits per heavy atom. The third-order valence-electron chi connectivity index (χ3n) is 4.10. The standard InChI is InChI=1S/C18H28O5/c1-13-6-5-7-15(12-19)16(22-4)8-10-18(3,21)11-9-17(20)23-14(13)2/h7-11,13-14,16,19,21H,5-6,12H2,1-4H3/b10-8+,11-9+,15-7+/t13-,14+,16-,18+/m0/s1. The van der Waals surface area contributed by atoms with E-state index in [-0.39, 0.29) is 18.6 Å². The molecule has 1 aliphatic heterocycles. The van der Waals surface area contributed by atoms with Crippen molar-refractivity contribution in [3.05, 3.63) is 36.0 Å². The van der Waals surface area contributed by atoms with E-state index in [2.05, 4.69) is 0 Å². The molecule has 1 heterocycles. The SMILES string of the molecule is CO[C@H]1/C=C/[C@@](C)(O)/C=C/C(=O)O[C@H](C)[C@@H](C)CC/C=C/1CO. The zero-order valence-electron chi connectivity index (χ0n) is 14.4. The number of hydrogen-bond donors (Lipinski definition) is 2. The maximum Gasteiger partial charge on any atom is 0.330 e. The molecule has 23 heavy (non-hydrogen) atoms. The van der Waals surface area contributed by atoms with Crippen LogP contribution in [-0.2, 0) is 14.3 Å². The van der Waals surface area contributed by atoms with Crippen molar-refractivity contribution in [2.75, 3.05) is 13.7 Å². The average Bonchev–Trinajstić information content (AvgIpc) is 2.50. The van der Waals surface area contributed by atoms with Crippen molar-refractivity contribution in [3.8, 4) is 0 Å². The molecule has 0 spiro atoms. The van der Waals surface area contributed by atoms with Crippen molar-refractivity contribution in [1.29, 1.82) is 0 Å². The monoisotopic (exact) mass is 324 g/mol. The van der Waals surface area contributed by atoms with E-state index < -0.39 is 17.7 Å². The van der Waals surface area contributed by atoms with Crippen LogP contribution in [0.15, 0.2) is 36.0 Å². The van der Waals surface area contributed by atoms with Gasteiger partial charge in [0.05, 0.1) is 18.3 Å². The minimum atomic E-state index is -1.31. The highest BCUT2D eigenvalue weighted by Crippen LogP contribution is 2.19. The summed E-state index contributed by atoms with van der Waals surface area (Å²) in [6.45, 7) is 5.32. The first kappa shape index (κ1) is 19.6. The fourth-order valence-corrected chi connectivity index (χ4v) is 2.30. The van der Waals surface area contributed by atoms with E-state index >= 15 is 0 Å².